The number of hydrogen-bond donors (Lipinski definition) is 0. The molecule has 0 radical (unpaired) electrons. The Morgan fingerprint density at radius 1 is 1.31 bits per heavy atom. The van der Waals surface area contributed by atoms with Crippen molar-refractivity contribution in [2.24, 2.45) is 0 Å². The summed E-state index contributed by atoms with van der Waals surface area (Å²) < 4.78 is 4.97. The molecule has 0 N–H and O–H groups in total. The monoisotopic (exact) mass is 218 g/mol. The summed E-state index contributed by atoms with van der Waals surface area (Å²) in [5, 5.41) is 0. The Balaban J connectivity index is 2.99. The molecule has 0 saturated heterocycles. The minimum atomic E-state index is -0.349. The Bertz CT molecular complexity index is 411. The van der Waals surface area contributed by atoms with E-state index in [4.69, 9.17) is 4.74 Å². The number of ether oxygens (including phenoxy) is 1. The van der Waals surface area contributed by atoms with E-state index in [2.05, 4.69) is 27.4 Å². The van der Waals surface area contributed by atoms with Crippen LogP contribution in [-0.4, -0.2) is 5.97 Å². The predicted octanol–water partition coefficient (Wildman–Crippen LogP) is 3.67. The van der Waals surface area contributed by atoms with Gasteiger partial charge in [-0.05, 0) is 30.0 Å². The lowest BCUT2D eigenvalue weighted by molar-refractivity contribution is 0.0627. The predicted molar refractivity (Wildman–Crippen MR) is 65.4 cm³/mol. The molecule has 1 aromatic rings. The Morgan fingerprint density at radius 3 is 2.44 bits per heavy atom. The minimum Gasteiger partial charge on any atom is -0.428 e. The van der Waals surface area contributed by atoms with Crippen LogP contribution in [0.5, 0.6) is 0 Å². The second-order valence-corrected chi connectivity index (χ2v) is 4.92. The molecule has 0 aliphatic heterocycles. The summed E-state index contributed by atoms with van der Waals surface area (Å²) in [5.74, 6) is 0.0600. The fourth-order valence-electron chi connectivity index (χ4n) is 1.33. The van der Waals surface area contributed by atoms with E-state index in [-0.39, 0.29) is 11.4 Å². The van der Waals surface area contributed by atoms with Crippen molar-refractivity contribution in [2.75, 3.05) is 0 Å². The summed E-state index contributed by atoms with van der Waals surface area (Å²) in [5.41, 5.74) is 1.71. The van der Waals surface area contributed by atoms with E-state index in [0.717, 1.165) is 5.56 Å². The molecule has 2 heteroatoms. The van der Waals surface area contributed by atoms with E-state index in [1.807, 2.05) is 18.2 Å². The summed E-state index contributed by atoms with van der Waals surface area (Å²) in [4.78, 5) is 11.7. The van der Waals surface area contributed by atoms with Crippen molar-refractivity contribution < 1.29 is 9.53 Å². The van der Waals surface area contributed by atoms with Crippen molar-refractivity contribution in [2.45, 2.75) is 33.1 Å². The van der Waals surface area contributed by atoms with Crippen molar-refractivity contribution in [1.82, 2.24) is 0 Å². The lowest BCUT2D eigenvalue weighted by Crippen LogP contribution is -2.12. The lowest BCUT2D eigenvalue weighted by Gasteiger charge is -2.19. The maximum Gasteiger partial charge on any atom is 0.343 e. The zero-order chi connectivity index (χ0) is 12.3. The van der Waals surface area contributed by atoms with E-state index >= 15 is 0 Å². The molecule has 0 aliphatic carbocycles. The minimum absolute atomic E-state index is 0.0273. The van der Waals surface area contributed by atoms with Gasteiger partial charge < -0.3 is 4.74 Å². The SMILES string of the molecule is C=C(C)OC(=O)c1cccc(C(C)(C)C)c1. The summed E-state index contributed by atoms with van der Waals surface area (Å²) in [6.45, 7) is 11.5. The second kappa shape index (κ2) is 4.52. The van der Waals surface area contributed by atoms with Crippen LogP contribution in [0.25, 0.3) is 0 Å². The van der Waals surface area contributed by atoms with E-state index in [9.17, 15) is 4.79 Å². The molecule has 16 heavy (non-hydrogen) atoms. The first-order valence-corrected chi connectivity index (χ1v) is 5.29. The largest absolute Gasteiger partial charge is 0.428 e. The van der Waals surface area contributed by atoms with Gasteiger partial charge in [-0.1, -0.05) is 39.5 Å². The van der Waals surface area contributed by atoms with Crippen molar-refractivity contribution in [3.63, 3.8) is 0 Å². The van der Waals surface area contributed by atoms with Crippen LogP contribution in [-0.2, 0) is 10.2 Å². The molecule has 0 unspecified atom stereocenters. The molecule has 2 nitrogen and oxygen atoms in total. The molecule has 0 amide bonds. The molecule has 0 bridgehead atoms. The maximum atomic E-state index is 11.7. The van der Waals surface area contributed by atoms with Crippen LogP contribution in [0.15, 0.2) is 36.6 Å². The van der Waals surface area contributed by atoms with E-state index in [0.29, 0.717) is 11.3 Å². The summed E-state index contributed by atoms with van der Waals surface area (Å²) >= 11 is 0. The first-order chi connectivity index (χ1) is 7.30. The van der Waals surface area contributed by atoms with Gasteiger partial charge in [0.25, 0.3) is 0 Å². The number of allylic oxidation sites excluding steroid dienone is 1. The Morgan fingerprint density at radius 2 is 1.94 bits per heavy atom. The van der Waals surface area contributed by atoms with Gasteiger partial charge in [-0.2, -0.15) is 0 Å². The van der Waals surface area contributed by atoms with E-state index in [1.54, 1.807) is 13.0 Å². The molecule has 0 spiro atoms. The molecular formula is C14H18O2. The van der Waals surface area contributed by atoms with Crippen molar-refractivity contribution in [3.8, 4) is 0 Å². The average molecular weight is 218 g/mol. The fraction of sp³-hybridized carbons (Fsp3) is 0.357. The normalized spacial score (nSPS) is 11.0. The molecule has 0 aromatic heterocycles. The van der Waals surface area contributed by atoms with Gasteiger partial charge in [-0.3, -0.25) is 0 Å². The number of carbonyl (C=O) groups excluding carboxylic acids is 1. The number of rotatable bonds is 2. The highest BCUT2D eigenvalue weighted by atomic mass is 16.5. The van der Waals surface area contributed by atoms with Crippen LogP contribution in [0.4, 0.5) is 0 Å². The Kier molecular flexibility index (Phi) is 3.53. The van der Waals surface area contributed by atoms with Gasteiger partial charge in [0.15, 0.2) is 0 Å². The third-order valence-electron chi connectivity index (χ3n) is 2.23. The molecular weight excluding hydrogens is 200 g/mol. The standard InChI is InChI=1S/C14H18O2/c1-10(2)16-13(15)11-7-6-8-12(9-11)14(3,4)5/h6-9H,1H2,2-5H3. The smallest absolute Gasteiger partial charge is 0.343 e. The summed E-state index contributed by atoms with van der Waals surface area (Å²) in [7, 11) is 0. The van der Waals surface area contributed by atoms with Crippen LogP contribution in [0.2, 0.25) is 0 Å². The topological polar surface area (TPSA) is 26.3 Å². The van der Waals surface area contributed by atoms with Gasteiger partial charge in [-0.15, -0.1) is 0 Å². The van der Waals surface area contributed by atoms with Crippen LogP contribution < -0.4 is 0 Å². The fourth-order valence-corrected chi connectivity index (χ4v) is 1.33. The van der Waals surface area contributed by atoms with Gasteiger partial charge in [0.05, 0.1) is 11.3 Å². The first-order valence-electron chi connectivity index (χ1n) is 5.29. The van der Waals surface area contributed by atoms with Crippen molar-refractivity contribution >= 4 is 5.97 Å². The van der Waals surface area contributed by atoms with Crippen LogP contribution in [0.1, 0.15) is 43.6 Å². The van der Waals surface area contributed by atoms with Crippen molar-refractivity contribution in [1.29, 1.82) is 0 Å². The highest BCUT2D eigenvalue weighted by Gasteiger charge is 2.16. The average Bonchev–Trinajstić information content (AvgIpc) is 2.15. The molecule has 0 aliphatic rings. The van der Waals surface area contributed by atoms with Crippen LogP contribution >= 0.6 is 0 Å². The first kappa shape index (κ1) is 12.5. The van der Waals surface area contributed by atoms with Gasteiger partial charge in [0, 0.05) is 0 Å². The zero-order valence-corrected chi connectivity index (χ0v) is 10.3. The van der Waals surface area contributed by atoms with E-state index < -0.39 is 0 Å². The van der Waals surface area contributed by atoms with Crippen molar-refractivity contribution in [3.05, 3.63) is 47.7 Å². The Hall–Kier alpha value is -1.57. The summed E-state index contributed by atoms with van der Waals surface area (Å²) in [6, 6.07) is 7.50. The third-order valence-corrected chi connectivity index (χ3v) is 2.23. The number of esters is 1. The van der Waals surface area contributed by atoms with Crippen LogP contribution in [0.3, 0.4) is 0 Å². The highest BCUT2D eigenvalue weighted by Crippen LogP contribution is 2.23. The van der Waals surface area contributed by atoms with Gasteiger partial charge in [0.2, 0.25) is 0 Å². The molecule has 1 aromatic carbocycles. The lowest BCUT2D eigenvalue weighted by atomic mass is 9.86. The molecule has 0 atom stereocenters. The van der Waals surface area contributed by atoms with Crippen LogP contribution in [0, 0.1) is 0 Å². The molecule has 86 valence electrons. The quantitative estimate of drug-likeness (QED) is 0.559. The number of carbonyl (C=O) groups is 1. The Labute approximate surface area is 96.9 Å². The summed E-state index contributed by atoms with van der Waals surface area (Å²) in [6.07, 6.45) is 0. The van der Waals surface area contributed by atoms with Gasteiger partial charge >= 0.3 is 5.97 Å². The second-order valence-electron chi connectivity index (χ2n) is 4.92. The molecule has 0 saturated carbocycles. The zero-order valence-electron chi connectivity index (χ0n) is 10.3. The number of benzene rings is 1. The van der Waals surface area contributed by atoms with Gasteiger partial charge in [0.1, 0.15) is 0 Å². The number of hydrogen-bond acceptors (Lipinski definition) is 2. The molecule has 1 rings (SSSR count). The van der Waals surface area contributed by atoms with Gasteiger partial charge in [-0.25, -0.2) is 4.79 Å². The van der Waals surface area contributed by atoms with E-state index in [1.165, 1.54) is 0 Å². The third kappa shape index (κ3) is 3.23. The molecule has 0 heterocycles. The maximum absolute atomic E-state index is 11.7. The molecule has 0 fully saturated rings. The highest BCUT2D eigenvalue weighted by molar-refractivity contribution is 5.90.